The van der Waals surface area contributed by atoms with Crippen molar-refractivity contribution >= 4 is 22.6 Å². The van der Waals surface area contributed by atoms with Crippen molar-refractivity contribution in [3.63, 3.8) is 0 Å². The van der Waals surface area contributed by atoms with Gasteiger partial charge in [-0.05, 0) is 62.7 Å². The molecule has 2 aromatic carbocycles. The van der Waals surface area contributed by atoms with Gasteiger partial charge in [0.2, 0.25) is 0 Å². The van der Waals surface area contributed by atoms with Crippen LogP contribution in [0.1, 0.15) is 25.5 Å². The molecule has 6 nitrogen and oxygen atoms in total. The first-order valence-electron chi connectivity index (χ1n) is 9.85. The van der Waals surface area contributed by atoms with Gasteiger partial charge in [-0.1, -0.05) is 0 Å². The Kier molecular flexibility index (Phi) is 5.34. The lowest BCUT2D eigenvalue weighted by Gasteiger charge is -2.23. The molecular weight excluding hydrogens is 371 g/mol. The number of anilines is 1. The van der Waals surface area contributed by atoms with Crippen LogP contribution in [-0.4, -0.2) is 41.3 Å². The molecule has 1 atom stereocenters. The number of carbonyl (C=O) groups is 1. The number of nitrogens with one attached hydrogen (secondary N) is 2. The molecule has 1 unspecified atom stereocenters. The van der Waals surface area contributed by atoms with E-state index in [9.17, 15) is 9.18 Å². The average Bonchev–Trinajstić information content (AvgIpc) is 3.09. The number of benzene rings is 2. The summed E-state index contributed by atoms with van der Waals surface area (Å²) < 4.78 is 21.3. The Morgan fingerprint density at radius 2 is 2.14 bits per heavy atom. The maximum Gasteiger partial charge on any atom is 0.254 e. The molecule has 7 heteroatoms. The van der Waals surface area contributed by atoms with Crippen LogP contribution in [0.5, 0.6) is 0 Å². The molecule has 1 aromatic heterocycles. The van der Waals surface area contributed by atoms with Crippen molar-refractivity contribution in [1.82, 2.24) is 14.9 Å². The number of imidazole rings is 1. The topological polar surface area (TPSA) is 68.2 Å². The minimum Gasteiger partial charge on any atom is -0.366 e. The summed E-state index contributed by atoms with van der Waals surface area (Å²) in [4.78, 5) is 17.2. The van der Waals surface area contributed by atoms with E-state index in [1.54, 1.807) is 6.07 Å². The quantitative estimate of drug-likeness (QED) is 0.706. The van der Waals surface area contributed by atoms with E-state index >= 15 is 0 Å². The number of ether oxygens (including phenoxy) is 1. The summed E-state index contributed by atoms with van der Waals surface area (Å²) in [6.45, 7) is 7.85. The van der Waals surface area contributed by atoms with Crippen molar-refractivity contribution in [2.24, 2.45) is 0 Å². The molecule has 2 heterocycles. The van der Waals surface area contributed by atoms with Crippen molar-refractivity contribution in [2.45, 2.75) is 32.9 Å². The Morgan fingerprint density at radius 3 is 2.83 bits per heavy atom. The molecule has 0 radical (unpaired) electrons. The number of nitrogens with zero attached hydrogens (tertiary/aromatic N) is 2. The van der Waals surface area contributed by atoms with Gasteiger partial charge in [-0.2, -0.15) is 0 Å². The lowest BCUT2D eigenvalue weighted by molar-refractivity contribution is -0.128. The number of amides is 1. The molecule has 1 fully saturated rings. The van der Waals surface area contributed by atoms with Gasteiger partial charge in [0, 0.05) is 30.4 Å². The monoisotopic (exact) mass is 396 g/mol. The van der Waals surface area contributed by atoms with Crippen LogP contribution in [0, 0.1) is 12.7 Å². The fraction of sp³-hybridized carbons (Fsp3) is 0.364. The molecule has 0 bridgehead atoms. The molecule has 1 aliphatic heterocycles. The zero-order chi connectivity index (χ0) is 20.5. The standard InChI is InChI=1S/C22H25FN4O2/c1-13(2)27-19-11-16(23)5-7-18(19)25-21(27)15-4-6-17(14(3)10-15)26-22(28)20-12-24-8-9-29-20/h4-7,10-11,13,20,24H,8-9,12H2,1-3H3,(H,26,28). The van der Waals surface area contributed by atoms with Crippen LogP contribution >= 0.6 is 0 Å². The summed E-state index contributed by atoms with van der Waals surface area (Å²) in [6, 6.07) is 10.6. The van der Waals surface area contributed by atoms with Crippen LogP contribution in [0.2, 0.25) is 0 Å². The van der Waals surface area contributed by atoms with Gasteiger partial charge in [0.05, 0.1) is 17.6 Å². The van der Waals surface area contributed by atoms with Crippen LogP contribution in [0.25, 0.3) is 22.4 Å². The minimum atomic E-state index is -0.483. The Labute approximate surface area is 169 Å². The SMILES string of the molecule is Cc1cc(-c2nc3ccc(F)cc3n2C(C)C)ccc1NC(=O)C1CNCCO1. The minimum absolute atomic E-state index is 0.118. The van der Waals surface area contributed by atoms with Crippen LogP contribution < -0.4 is 10.6 Å². The third-order valence-corrected chi connectivity index (χ3v) is 5.13. The van der Waals surface area contributed by atoms with E-state index in [-0.39, 0.29) is 17.8 Å². The number of carbonyl (C=O) groups excluding carboxylic acids is 1. The second kappa shape index (κ2) is 7.93. The lowest BCUT2D eigenvalue weighted by atomic mass is 10.1. The van der Waals surface area contributed by atoms with Gasteiger partial charge >= 0.3 is 0 Å². The summed E-state index contributed by atoms with van der Waals surface area (Å²) >= 11 is 0. The normalized spacial score (nSPS) is 17.1. The Hall–Kier alpha value is -2.77. The van der Waals surface area contributed by atoms with Crippen molar-refractivity contribution in [2.75, 3.05) is 25.0 Å². The number of rotatable bonds is 4. The number of aromatic nitrogens is 2. The summed E-state index contributed by atoms with van der Waals surface area (Å²) in [6.07, 6.45) is -0.483. The predicted octanol–water partition coefficient (Wildman–Crippen LogP) is 3.66. The molecule has 3 aromatic rings. The smallest absolute Gasteiger partial charge is 0.254 e. The van der Waals surface area contributed by atoms with Crippen LogP contribution in [0.4, 0.5) is 10.1 Å². The van der Waals surface area contributed by atoms with Gasteiger partial charge in [0.15, 0.2) is 0 Å². The lowest BCUT2D eigenvalue weighted by Crippen LogP contribution is -2.45. The molecular formula is C22H25FN4O2. The van der Waals surface area contributed by atoms with E-state index in [4.69, 9.17) is 9.72 Å². The van der Waals surface area contributed by atoms with Gasteiger partial charge in [0.1, 0.15) is 17.7 Å². The Balaban J connectivity index is 1.66. The highest BCUT2D eigenvalue weighted by Gasteiger charge is 2.22. The highest BCUT2D eigenvalue weighted by atomic mass is 19.1. The predicted molar refractivity (Wildman–Crippen MR) is 111 cm³/mol. The molecule has 0 saturated carbocycles. The molecule has 2 N–H and O–H groups in total. The van der Waals surface area contributed by atoms with Gasteiger partial charge in [-0.3, -0.25) is 4.79 Å². The number of aryl methyl sites for hydroxylation is 1. The molecule has 4 rings (SSSR count). The maximum absolute atomic E-state index is 13.8. The van der Waals surface area contributed by atoms with Gasteiger partial charge in [-0.25, -0.2) is 9.37 Å². The maximum atomic E-state index is 13.8. The third kappa shape index (κ3) is 3.88. The van der Waals surface area contributed by atoms with Crippen molar-refractivity contribution in [3.8, 4) is 11.4 Å². The molecule has 152 valence electrons. The first-order chi connectivity index (χ1) is 13.9. The van der Waals surface area contributed by atoms with E-state index in [1.807, 2.05) is 29.7 Å². The average molecular weight is 396 g/mol. The summed E-state index contributed by atoms with van der Waals surface area (Å²) in [5.41, 5.74) is 4.11. The van der Waals surface area contributed by atoms with Crippen LogP contribution in [-0.2, 0) is 9.53 Å². The zero-order valence-electron chi connectivity index (χ0n) is 16.8. The molecule has 1 saturated heterocycles. The highest BCUT2D eigenvalue weighted by molar-refractivity contribution is 5.95. The number of morpholine rings is 1. The second-order valence-corrected chi connectivity index (χ2v) is 7.61. The first-order valence-corrected chi connectivity index (χ1v) is 9.85. The van der Waals surface area contributed by atoms with E-state index in [0.29, 0.717) is 13.2 Å². The largest absolute Gasteiger partial charge is 0.366 e. The molecule has 0 aliphatic carbocycles. The summed E-state index contributed by atoms with van der Waals surface area (Å²) in [5.74, 6) is 0.346. The Morgan fingerprint density at radius 1 is 1.31 bits per heavy atom. The van der Waals surface area contributed by atoms with Gasteiger partial charge in [0.25, 0.3) is 5.91 Å². The number of fused-ring (bicyclic) bond motifs is 1. The molecule has 1 amide bonds. The van der Waals surface area contributed by atoms with E-state index in [0.717, 1.165) is 40.2 Å². The van der Waals surface area contributed by atoms with Gasteiger partial charge in [-0.15, -0.1) is 0 Å². The Bertz CT molecular complexity index is 1050. The fourth-order valence-electron chi connectivity index (χ4n) is 3.68. The first kappa shape index (κ1) is 19.5. The molecule has 29 heavy (non-hydrogen) atoms. The van der Waals surface area contributed by atoms with Crippen LogP contribution in [0.3, 0.4) is 0 Å². The summed E-state index contributed by atoms with van der Waals surface area (Å²) in [7, 11) is 0. The highest BCUT2D eigenvalue weighted by Crippen LogP contribution is 2.31. The number of halogens is 1. The fourth-order valence-corrected chi connectivity index (χ4v) is 3.68. The number of hydrogen-bond acceptors (Lipinski definition) is 4. The van der Waals surface area contributed by atoms with Crippen LogP contribution in [0.15, 0.2) is 36.4 Å². The van der Waals surface area contributed by atoms with E-state index in [2.05, 4.69) is 24.5 Å². The van der Waals surface area contributed by atoms with E-state index < -0.39 is 6.10 Å². The number of hydrogen-bond donors (Lipinski definition) is 2. The van der Waals surface area contributed by atoms with Gasteiger partial charge < -0.3 is 19.9 Å². The van der Waals surface area contributed by atoms with Crippen molar-refractivity contribution in [3.05, 3.63) is 47.8 Å². The second-order valence-electron chi connectivity index (χ2n) is 7.61. The molecule has 0 spiro atoms. The molecule has 1 aliphatic rings. The van der Waals surface area contributed by atoms with Crippen molar-refractivity contribution < 1.29 is 13.9 Å². The van der Waals surface area contributed by atoms with E-state index in [1.165, 1.54) is 12.1 Å². The third-order valence-electron chi connectivity index (χ3n) is 5.13. The zero-order valence-corrected chi connectivity index (χ0v) is 16.8. The summed E-state index contributed by atoms with van der Waals surface area (Å²) in [5, 5.41) is 6.11. The van der Waals surface area contributed by atoms with Crippen molar-refractivity contribution in [1.29, 1.82) is 0 Å².